The zero-order valence-electron chi connectivity index (χ0n) is 19.5. The summed E-state index contributed by atoms with van der Waals surface area (Å²) in [6, 6.07) is 16.9. The number of nitrogens with one attached hydrogen (secondary N) is 2. The summed E-state index contributed by atoms with van der Waals surface area (Å²) >= 11 is 0. The number of para-hydroxylation sites is 1. The van der Waals surface area contributed by atoms with E-state index in [1.165, 1.54) is 18.4 Å². The molecule has 0 atom stereocenters. The van der Waals surface area contributed by atoms with Gasteiger partial charge >= 0.3 is 0 Å². The van der Waals surface area contributed by atoms with E-state index >= 15 is 0 Å². The summed E-state index contributed by atoms with van der Waals surface area (Å²) in [5.74, 6) is 3.37. The Morgan fingerprint density at radius 1 is 0.969 bits per heavy atom. The van der Waals surface area contributed by atoms with Crippen molar-refractivity contribution in [1.82, 2.24) is 15.3 Å². The lowest BCUT2D eigenvalue weighted by atomic mass is 9.86. The Labute approximate surface area is 191 Å². The van der Waals surface area contributed by atoms with Gasteiger partial charge in [0.1, 0.15) is 18.2 Å². The number of hydrogen-bond donors (Lipinski definition) is 2. The molecular weight excluding hydrogens is 398 g/mol. The first-order valence-electron chi connectivity index (χ1n) is 11.7. The fourth-order valence-electron chi connectivity index (χ4n) is 4.34. The molecule has 32 heavy (non-hydrogen) atoms. The Kier molecular flexibility index (Phi) is 7.43. The van der Waals surface area contributed by atoms with Gasteiger partial charge in [-0.3, -0.25) is 0 Å². The van der Waals surface area contributed by atoms with Gasteiger partial charge in [0.25, 0.3) is 0 Å². The summed E-state index contributed by atoms with van der Waals surface area (Å²) in [5.41, 5.74) is 2.24. The molecule has 1 aliphatic carbocycles. The number of aromatic nitrogens is 2. The predicted molar refractivity (Wildman–Crippen MR) is 133 cm³/mol. The highest BCUT2D eigenvalue weighted by Gasteiger charge is 2.22. The number of hydrogen-bond acceptors (Lipinski definition) is 6. The highest BCUT2D eigenvalue weighted by molar-refractivity contribution is 5.90. The van der Waals surface area contributed by atoms with Crippen molar-refractivity contribution in [1.29, 1.82) is 0 Å². The number of rotatable bonds is 9. The molecule has 6 nitrogen and oxygen atoms in total. The van der Waals surface area contributed by atoms with E-state index in [-0.39, 0.29) is 0 Å². The number of aryl methyl sites for hydroxylation is 1. The molecule has 1 saturated carbocycles. The van der Waals surface area contributed by atoms with E-state index in [2.05, 4.69) is 46.7 Å². The molecule has 3 aromatic rings. The monoisotopic (exact) mass is 433 g/mol. The quantitative estimate of drug-likeness (QED) is 0.479. The van der Waals surface area contributed by atoms with Crippen molar-refractivity contribution in [2.75, 3.05) is 44.0 Å². The van der Waals surface area contributed by atoms with Crippen molar-refractivity contribution in [2.45, 2.75) is 38.6 Å². The number of anilines is 2. The molecule has 2 aromatic carbocycles. The standard InChI is InChI=1S/C26H35N5O/c1-19-8-14-22(15-9-19)32-17-16-27-18-20-10-12-21(13-11-20)28-26-29-24-7-5-4-6-23(24)25(30-26)31(2)3/h4-9,14-15,20-21,27H,10-13,16-18H2,1-3H3,(H,28,29,30). The maximum Gasteiger partial charge on any atom is 0.225 e. The van der Waals surface area contributed by atoms with Crippen LogP contribution in [0.15, 0.2) is 48.5 Å². The van der Waals surface area contributed by atoms with Crippen LogP contribution in [0.4, 0.5) is 11.8 Å². The highest BCUT2D eigenvalue weighted by atomic mass is 16.5. The molecule has 170 valence electrons. The maximum atomic E-state index is 5.80. The second-order valence-electron chi connectivity index (χ2n) is 9.01. The van der Waals surface area contributed by atoms with Crippen LogP contribution in [-0.4, -0.2) is 49.8 Å². The lowest BCUT2D eigenvalue weighted by Crippen LogP contribution is -2.33. The summed E-state index contributed by atoms with van der Waals surface area (Å²) in [7, 11) is 4.06. The molecule has 2 N–H and O–H groups in total. The Morgan fingerprint density at radius 2 is 1.72 bits per heavy atom. The number of nitrogens with zero attached hydrogens (tertiary/aromatic N) is 3. The van der Waals surface area contributed by atoms with E-state index in [1.807, 2.05) is 38.4 Å². The van der Waals surface area contributed by atoms with Gasteiger partial charge in [0, 0.05) is 32.1 Å². The maximum absolute atomic E-state index is 5.80. The van der Waals surface area contributed by atoms with E-state index in [1.54, 1.807) is 0 Å². The predicted octanol–water partition coefficient (Wildman–Crippen LogP) is 4.64. The first kappa shape index (κ1) is 22.3. The molecule has 0 spiro atoms. The van der Waals surface area contributed by atoms with E-state index < -0.39 is 0 Å². The summed E-state index contributed by atoms with van der Waals surface area (Å²) < 4.78 is 5.80. The van der Waals surface area contributed by atoms with Gasteiger partial charge in [-0.15, -0.1) is 0 Å². The van der Waals surface area contributed by atoms with E-state index in [0.717, 1.165) is 60.3 Å². The fourth-order valence-corrected chi connectivity index (χ4v) is 4.34. The van der Waals surface area contributed by atoms with Crippen molar-refractivity contribution < 1.29 is 4.74 Å². The molecule has 0 saturated heterocycles. The Hall–Kier alpha value is -2.86. The van der Waals surface area contributed by atoms with Crippen molar-refractivity contribution in [3.63, 3.8) is 0 Å². The van der Waals surface area contributed by atoms with Crippen LogP contribution >= 0.6 is 0 Å². The van der Waals surface area contributed by atoms with Gasteiger partial charge in [0.15, 0.2) is 0 Å². The summed E-state index contributed by atoms with van der Waals surface area (Å²) in [6.45, 7) is 4.73. The molecule has 6 heteroatoms. The Balaban J connectivity index is 1.20. The van der Waals surface area contributed by atoms with Gasteiger partial charge in [-0.2, -0.15) is 4.98 Å². The smallest absolute Gasteiger partial charge is 0.225 e. The lowest BCUT2D eigenvalue weighted by molar-refractivity contribution is 0.289. The van der Waals surface area contributed by atoms with Gasteiger partial charge in [-0.05, 0) is 69.3 Å². The van der Waals surface area contributed by atoms with Crippen LogP contribution in [0.25, 0.3) is 10.9 Å². The topological polar surface area (TPSA) is 62.3 Å². The van der Waals surface area contributed by atoms with Crippen LogP contribution in [0.3, 0.4) is 0 Å². The number of benzene rings is 2. The van der Waals surface area contributed by atoms with Gasteiger partial charge in [0.2, 0.25) is 5.95 Å². The number of fused-ring (bicyclic) bond motifs is 1. The molecule has 1 fully saturated rings. The number of ether oxygens (including phenoxy) is 1. The van der Waals surface area contributed by atoms with Crippen molar-refractivity contribution in [2.24, 2.45) is 5.92 Å². The average molecular weight is 434 g/mol. The minimum atomic E-state index is 0.437. The molecule has 0 amide bonds. The molecule has 1 aromatic heterocycles. The zero-order valence-corrected chi connectivity index (χ0v) is 19.5. The molecule has 0 bridgehead atoms. The molecule has 0 aliphatic heterocycles. The lowest BCUT2D eigenvalue weighted by Gasteiger charge is -2.29. The van der Waals surface area contributed by atoms with E-state index in [0.29, 0.717) is 12.6 Å². The molecule has 0 radical (unpaired) electrons. The first-order valence-corrected chi connectivity index (χ1v) is 11.7. The third-order valence-corrected chi connectivity index (χ3v) is 6.19. The summed E-state index contributed by atoms with van der Waals surface area (Å²) in [5, 5.41) is 8.25. The SMILES string of the molecule is Cc1ccc(OCCNCC2CCC(Nc3nc(N(C)C)c4ccccc4n3)CC2)cc1. The second-order valence-corrected chi connectivity index (χ2v) is 9.01. The van der Waals surface area contributed by atoms with Crippen LogP contribution in [0.2, 0.25) is 0 Å². The second kappa shape index (κ2) is 10.6. The van der Waals surface area contributed by atoms with Gasteiger partial charge in [0.05, 0.1) is 5.52 Å². The molecule has 1 aliphatic rings. The summed E-state index contributed by atoms with van der Waals surface area (Å²) in [4.78, 5) is 11.6. The minimum absolute atomic E-state index is 0.437. The van der Waals surface area contributed by atoms with Crippen LogP contribution < -0.4 is 20.3 Å². The first-order chi connectivity index (χ1) is 15.6. The molecular formula is C26H35N5O. The third-order valence-electron chi connectivity index (χ3n) is 6.19. The van der Waals surface area contributed by atoms with Crippen LogP contribution in [0.5, 0.6) is 5.75 Å². The minimum Gasteiger partial charge on any atom is -0.492 e. The molecule has 0 unspecified atom stereocenters. The summed E-state index contributed by atoms with van der Waals surface area (Å²) in [6.07, 6.45) is 4.74. The highest BCUT2D eigenvalue weighted by Crippen LogP contribution is 2.28. The normalized spacial score (nSPS) is 18.5. The van der Waals surface area contributed by atoms with E-state index in [9.17, 15) is 0 Å². The zero-order chi connectivity index (χ0) is 22.3. The van der Waals surface area contributed by atoms with Crippen molar-refractivity contribution >= 4 is 22.7 Å². The van der Waals surface area contributed by atoms with Gasteiger partial charge in [-0.1, -0.05) is 29.8 Å². The van der Waals surface area contributed by atoms with Crippen LogP contribution in [0.1, 0.15) is 31.2 Å². The van der Waals surface area contributed by atoms with Gasteiger partial charge < -0.3 is 20.3 Å². The Morgan fingerprint density at radius 3 is 2.47 bits per heavy atom. The molecule has 4 rings (SSSR count). The van der Waals surface area contributed by atoms with E-state index in [4.69, 9.17) is 14.7 Å². The Bertz CT molecular complexity index is 997. The van der Waals surface area contributed by atoms with Crippen LogP contribution in [0, 0.1) is 12.8 Å². The molecule has 1 heterocycles. The fraction of sp³-hybridized carbons (Fsp3) is 0.462. The third kappa shape index (κ3) is 5.88. The average Bonchev–Trinajstić information content (AvgIpc) is 2.80. The van der Waals surface area contributed by atoms with Gasteiger partial charge in [-0.25, -0.2) is 4.98 Å². The van der Waals surface area contributed by atoms with Crippen molar-refractivity contribution in [3.8, 4) is 5.75 Å². The van der Waals surface area contributed by atoms with Crippen molar-refractivity contribution in [3.05, 3.63) is 54.1 Å². The van der Waals surface area contributed by atoms with Crippen LogP contribution in [-0.2, 0) is 0 Å². The largest absolute Gasteiger partial charge is 0.492 e.